The zero-order valence-electron chi connectivity index (χ0n) is 27.1. The quantitative estimate of drug-likeness (QED) is 0.165. The summed E-state index contributed by atoms with van der Waals surface area (Å²) < 4.78 is 0. The topological polar surface area (TPSA) is 271 Å². The summed E-state index contributed by atoms with van der Waals surface area (Å²) in [5, 5.41) is 91.4. The standard InChI is InChI=1S/C30H30N6O12.C2H6O/c37-25-19-1-2-20(26(25)38)14-32-44-9-10-46-34-16-22-5-6-24(30(42)28(22)40)18-36-48-12-11-47-35-17-23-4-3-21(27(39)29(23)41)15-33-45-8-7-43-31-13-19;1-2-3/h1-6,13-18,37-42H,7-12H2;3H,2H2,1H3/b31-13+,32-14+,33-15+,34-16+,35-17+,36-18+;. The Balaban J connectivity index is 0.00000226. The molecule has 3 aromatic carbocycles. The molecule has 6 bridgehead atoms. The van der Waals surface area contributed by atoms with Gasteiger partial charge in [-0.15, -0.1) is 0 Å². The van der Waals surface area contributed by atoms with Gasteiger partial charge in [-0.3, -0.25) is 0 Å². The van der Waals surface area contributed by atoms with Crippen molar-refractivity contribution >= 4 is 37.3 Å². The minimum absolute atomic E-state index is 0.0270. The fraction of sp³-hybridized carbons (Fsp3) is 0.250. The van der Waals surface area contributed by atoms with Crippen molar-refractivity contribution in [3.63, 3.8) is 0 Å². The van der Waals surface area contributed by atoms with E-state index in [2.05, 4.69) is 30.9 Å². The number of benzene rings is 3. The summed E-state index contributed by atoms with van der Waals surface area (Å²) >= 11 is 0. The van der Waals surface area contributed by atoms with Crippen molar-refractivity contribution < 1.29 is 64.8 Å². The molecule has 0 aliphatic carbocycles. The van der Waals surface area contributed by atoms with E-state index in [1.165, 1.54) is 73.7 Å². The van der Waals surface area contributed by atoms with E-state index in [0.717, 1.165) is 0 Å². The van der Waals surface area contributed by atoms with Gasteiger partial charge in [-0.25, -0.2) is 0 Å². The zero-order valence-corrected chi connectivity index (χ0v) is 27.1. The first-order chi connectivity index (χ1) is 24.8. The molecule has 0 saturated heterocycles. The number of aliphatic hydroxyl groups excluding tert-OH is 1. The van der Waals surface area contributed by atoms with Crippen LogP contribution in [0.3, 0.4) is 0 Å². The minimum Gasteiger partial charge on any atom is -0.504 e. The van der Waals surface area contributed by atoms with Crippen LogP contribution in [0.2, 0.25) is 0 Å². The predicted molar refractivity (Wildman–Crippen MR) is 183 cm³/mol. The lowest BCUT2D eigenvalue weighted by Crippen LogP contribution is -1.99. The molecule has 0 aromatic heterocycles. The lowest BCUT2D eigenvalue weighted by atomic mass is 10.1. The normalized spacial score (nSPS) is 18.0. The molecular formula is C32H36N6O13. The molecule has 7 rings (SSSR count). The third kappa shape index (κ3) is 12.3. The van der Waals surface area contributed by atoms with Crippen molar-refractivity contribution in [1.29, 1.82) is 0 Å². The molecule has 7 N–H and O–H groups in total. The molecule has 4 aliphatic heterocycles. The minimum atomic E-state index is -0.469. The highest BCUT2D eigenvalue weighted by Crippen LogP contribution is 2.32. The summed E-state index contributed by atoms with van der Waals surface area (Å²) in [5.41, 5.74) is 0.947. The molecule has 19 heteroatoms. The Bertz CT molecular complexity index is 1420. The van der Waals surface area contributed by atoms with Gasteiger partial charge in [0.15, 0.2) is 74.1 Å². The molecule has 51 heavy (non-hydrogen) atoms. The number of hydrogen-bond acceptors (Lipinski definition) is 19. The summed E-state index contributed by atoms with van der Waals surface area (Å²) in [4.78, 5) is 30.3. The average Bonchev–Trinajstić information content (AvgIpc) is 3.12. The van der Waals surface area contributed by atoms with Crippen molar-refractivity contribution in [2.24, 2.45) is 30.9 Å². The molecule has 0 fully saturated rings. The lowest BCUT2D eigenvalue weighted by molar-refractivity contribution is 0.0552. The van der Waals surface area contributed by atoms with Gasteiger partial charge in [-0.1, -0.05) is 30.9 Å². The second kappa shape index (κ2) is 21.3. The second-order valence-electron chi connectivity index (χ2n) is 9.55. The van der Waals surface area contributed by atoms with Crippen LogP contribution in [-0.4, -0.2) is 119 Å². The van der Waals surface area contributed by atoms with Gasteiger partial charge in [-0.05, 0) is 43.3 Å². The smallest absolute Gasteiger partial charge is 0.167 e. The predicted octanol–water partition coefficient (Wildman–Crippen LogP) is 2.44. The van der Waals surface area contributed by atoms with Crippen LogP contribution in [0.4, 0.5) is 0 Å². The Morgan fingerprint density at radius 3 is 0.647 bits per heavy atom. The SMILES string of the molecule is CCO.Oc1c2ccc(c1O)/C=N/OCCO/N=C/c1ccc(c(O)c1O)/C=N/OCCO/N=C/c1ccc(c(O)c1O)/C=N/OCCO/N=C/2. The van der Waals surface area contributed by atoms with Crippen molar-refractivity contribution in [2.45, 2.75) is 6.92 Å². The van der Waals surface area contributed by atoms with Crippen LogP contribution < -0.4 is 0 Å². The van der Waals surface area contributed by atoms with E-state index in [-0.39, 0.29) is 79.6 Å². The van der Waals surface area contributed by atoms with Gasteiger partial charge in [0.05, 0.1) is 37.3 Å². The largest absolute Gasteiger partial charge is 0.504 e. The third-order valence-corrected chi connectivity index (χ3v) is 6.04. The van der Waals surface area contributed by atoms with E-state index in [0.29, 0.717) is 0 Å². The number of phenolic OH excluding ortho intramolecular Hbond substituents is 6. The molecule has 0 amide bonds. The maximum Gasteiger partial charge on any atom is 0.167 e. The first-order valence-corrected chi connectivity index (χ1v) is 15.0. The van der Waals surface area contributed by atoms with Crippen LogP contribution in [0.5, 0.6) is 34.5 Å². The van der Waals surface area contributed by atoms with Gasteiger partial charge in [0.25, 0.3) is 0 Å². The van der Waals surface area contributed by atoms with Crippen molar-refractivity contribution in [3.05, 3.63) is 69.8 Å². The van der Waals surface area contributed by atoms with Crippen molar-refractivity contribution in [1.82, 2.24) is 0 Å². The highest BCUT2D eigenvalue weighted by molar-refractivity contribution is 5.92. The number of oxime groups is 6. The maximum atomic E-state index is 10.3. The monoisotopic (exact) mass is 712 g/mol. The summed E-state index contributed by atoms with van der Waals surface area (Å²) in [7, 11) is 0. The average molecular weight is 713 g/mol. The fourth-order valence-electron chi connectivity index (χ4n) is 3.56. The summed E-state index contributed by atoms with van der Waals surface area (Å²) in [6.07, 6.45) is 7.06. The molecule has 272 valence electrons. The van der Waals surface area contributed by atoms with Crippen LogP contribution >= 0.6 is 0 Å². The first-order valence-electron chi connectivity index (χ1n) is 15.0. The van der Waals surface area contributed by atoms with Crippen LogP contribution in [0.25, 0.3) is 0 Å². The Hall–Kier alpha value is -6.76. The zero-order chi connectivity index (χ0) is 36.8. The number of aromatic hydroxyl groups is 6. The van der Waals surface area contributed by atoms with Crippen molar-refractivity contribution in [3.8, 4) is 34.5 Å². The number of fused-ring (bicyclic) bond motifs is 2. The summed E-state index contributed by atoms with van der Waals surface area (Å²) in [5.74, 6) is -2.81. The molecule has 4 heterocycles. The molecule has 3 aromatic rings. The Morgan fingerprint density at radius 2 is 0.510 bits per heavy atom. The molecule has 0 spiro atoms. The highest BCUT2D eigenvalue weighted by Gasteiger charge is 2.12. The van der Waals surface area contributed by atoms with Gasteiger partial charge >= 0.3 is 0 Å². The molecule has 19 nitrogen and oxygen atoms in total. The van der Waals surface area contributed by atoms with Crippen LogP contribution in [-0.2, 0) is 29.0 Å². The van der Waals surface area contributed by atoms with Crippen LogP contribution in [0.1, 0.15) is 40.3 Å². The Kier molecular flexibility index (Phi) is 16.1. The van der Waals surface area contributed by atoms with E-state index >= 15 is 0 Å². The molecule has 0 saturated carbocycles. The summed E-state index contributed by atoms with van der Waals surface area (Å²) in [6, 6.07) is 8.77. The van der Waals surface area contributed by atoms with Gasteiger partial charge < -0.3 is 64.8 Å². The molecule has 0 radical (unpaired) electrons. The molecule has 0 atom stereocenters. The van der Waals surface area contributed by atoms with Gasteiger partial charge in [0, 0.05) is 40.0 Å². The third-order valence-electron chi connectivity index (χ3n) is 6.04. The maximum absolute atomic E-state index is 10.3. The van der Waals surface area contributed by atoms with Gasteiger partial charge in [0.1, 0.15) is 0 Å². The number of aliphatic hydroxyl groups is 1. The highest BCUT2D eigenvalue weighted by atomic mass is 16.7. The van der Waals surface area contributed by atoms with Crippen LogP contribution in [0.15, 0.2) is 67.3 Å². The van der Waals surface area contributed by atoms with E-state index in [1.807, 2.05) is 0 Å². The number of phenols is 6. The van der Waals surface area contributed by atoms with E-state index in [4.69, 9.17) is 34.1 Å². The number of hydrogen-bond donors (Lipinski definition) is 7. The molecule has 0 unspecified atom stereocenters. The summed E-state index contributed by atoms with van der Waals surface area (Å²) in [6.45, 7) is 1.77. The Morgan fingerprint density at radius 1 is 0.373 bits per heavy atom. The second-order valence-corrected chi connectivity index (χ2v) is 9.55. The van der Waals surface area contributed by atoms with Gasteiger partial charge in [0.2, 0.25) is 0 Å². The van der Waals surface area contributed by atoms with Crippen molar-refractivity contribution in [2.75, 3.05) is 46.2 Å². The fourth-order valence-corrected chi connectivity index (χ4v) is 3.56. The Labute approximate surface area is 290 Å². The molecule has 4 aliphatic rings. The van der Waals surface area contributed by atoms with E-state index in [9.17, 15) is 30.6 Å². The van der Waals surface area contributed by atoms with Gasteiger partial charge in [-0.2, -0.15) is 0 Å². The van der Waals surface area contributed by atoms with E-state index < -0.39 is 34.5 Å². The first kappa shape index (κ1) is 38.7. The molecular weight excluding hydrogens is 676 g/mol. The van der Waals surface area contributed by atoms with E-state index in [1.54, 1.807) is 6.92 Å². The lowest BCUT2D eigenvalue weighted by Gasteiger charge is -2.06. The number of rotatable bonds is 0. The van der Waals surface area contributed by atoms with Crippen LogP contribution in [0, 0.1) is 0 Å². The number of nitrogens with zero attached hydrogens (tertiary/aromatic N) is 6.